The third-order valence-corrected chi connectivity index (χ3v) is 8.50. The van der Waals surface area contributed by atoms with Crippen molar-refractivity contribution < 1.29 is 17.9 Å². The molecule has 1 saturated carbocycles. The quantitative estimate of drug-likeness (QED) is 0.621. The second-order valence-corrected chi connectivity index (χ2v) is 10.8. The molecule has 2 fully saturated rings. The Morgan fingerprint density at radius 2 is 1.88 bits per heavy atom. The van der Waals surface area contributed by atoms with Gasteiger partial charge in [-0.25, -0.2) is 13.4 Å². The van der Waals surface area contributed by atoms with E-state index < -0.39 is 10.0 Å². The van der Waals surface area contributed by atoms with Crippen molar-refractivity contribution in [3.8, 4) is 0 Å². The number of pyridine rings is 1. The summed E-state index contributed by atoms with van der Waals surface area (Å²) in [5.41, 5.74) is 1.81. The third-order valence-electron chi connectivity index (χ3n) is 6.64. The van der Waals surface area contributed by atoms with Gasteiger partial charge in [-0.1, -0.05) is 31.4 Å². The minimum atomic E-state index is -3.59. The van der Waals surface area contributed by atoms with Gasteiger partial charge in [0.15, 0.2) is 0 Å². The van der Waals surface area contributed by atoms with Crippen LogP contribution in [0, 0.1) is 0 Å². The summed E-state index contributed by atoms with van der Waals surface area (Å²) in [7, 11) is -3.59. The number of aromatic nitrogens is 2. The normalized spacial score (nSPS) is 19.0. The second-order valence-electron chi connectivity index (χ2n) is 8.87. The SMILES string of the molecule is O=C(NCc1ccc(S(=O)(=O)N2CCOC3(CCCCC3)C2)cc1)c1ccc2nccn2c1. The van der Waals surface area contributed by atoms with Crippen LogP contribution in [0.5, 0.6) is 0 Å². The Morgan fingerprint density at radius 1 is 1.09 bits per heavy atom. The number of carbonyl (C=O) groups excluding carboxylic acids is 1. The van der Waals surface area contributed by atoms with Crippen LogP contribution in [0.3, 0.4) is 0 Å². The molecule has 0 atom stereocenters. The summed E-state index contributed by atoms with van der Waals surface area (Å²) in [6, 6.07) is 10.3. The monoisotopic (exact) mass is 468 g/mol. The molecule has 0 radical (unpaired) electrons. The van der Waals surface area contributed by atoms with Gasteiger partial charge >= 0.3 is 0 Å². The van der Waals surface area contributed by atoms with Crippen LogP contribution >= 0.6 is 0 Å². The first kappa shape index (κ1) is 22.1. The van der Waals surface area contributed by atoms with Crippen molar-refractivity contribution in [1.82, 2.24) is 19.0 Å². The van der Waals surface area contributed by atoms with Crippen LogP contribution < -0.4 is 5.32 Å². The lowest BCUT2D eigenvalue weighted by atomic mass is 9.84. The molecule has 1 amide bonds. The van der Waals surface area contributed by atoms with Crippen LogP contribution in [0.4, 0.5) is 0 Å². The van der Waals surface area contributed by atoms with E-state index in [4.69, 9.17) is 4.74 Å². The number of hydrogen-bond donors (Lipinski definition) is 1. The summed E-state index contributed by atoms with van der Waals surface area (Å²) >= 11 is 0. The van der Waals surface area contributed by atoms with Gasteiger partial charge in [0, 0.05) is 38.2 Å². The molecule has 1 N–H and O–H groups in total. The maximum atomic E-state index is 13.3. The van der Waals surface area contributed by atoms with Gasteiger partial charge in [0.25, 0.3) is 5.91 Å². The Balaban J connectivity index is 1.23. The summed E-state index contributed by atoms with van der Waals surface area (Å²) < 4.78 is 35.9. The molecule has 0 unspecified atom stereocenters. The lowest BCUT2D eigenvalue weighted by Crippen LogP contribution is -2.54. The lowest BCUT2D eigenvalue weighted by molar-refractivity contribution is -0.109. The average molecular weight is 469 g/mol. The highest BCUT2D eigenvalue weighted by Gasteiger charge is 2.41. The Morgan fingerprint density at radius 3 is 2.67 bits per heavy atom. The van der Waals surface area contributed by atoms with Crippen molar-refractivity contribution >= 4 is 21.6 Å². The number of nitrogens with zero attached hydrogens (tertiary/aromatic N) is 3. The number of morpholine rings is 1. The Labute approximate surface area is 193 Å². The minimum Gasteiger partial charge on any atom is -0.372 e. The minimum absolute atomic E-state index is 0.201. The number of carbonyl (C=O) groups is 1. The van der Waals surface area contributed by atoms with Crippen LogP contribution in [0.25, 0.3) is 5.65 Å². The fourth-order valence-electron chi connectivity index (χ4n) is 4.78. The van der Waals surface area contributed by atoms with Gasteiger partial charge in [-0.3, -0.25) is 4.79 Å². The Kier molecular flexibility index (Phi) is 5.94. The van der Waals surface area contributed by atoms with Crippen molar-refractivity contribution in [1.29, 1.82) is 0 Å². The van der Waals surface area contributed by atoms with Crippen molar-refractivity contribution in [3.05, 3.63) is 66.1 Å². The number of amides is 1. The van der Waals surface area contributed by atoms with E-state index >= 15 is 0 Å². The van der Waals surface area contributed by atoms with Crippen molar-refractivity contribution in [2.45, 2.75) is 49.1 Å². The first-order chi connectivity index (χ1) is 16.0. The molecule has 9 heteroatoms. The third kappa shape index (κ3) is 4.53. The van der Waals surface area contributed by atoms with Gasteiger partial charge in [-0.15, -0.1) is 0 Å². The van der Waals surface area contributed by atoms with Gasteiger partial charge in [-0.05, 0) is 42.7 Å². The van der Waals surface area contributed by atoms with Crippen LogP contribution in [0.15, 0.2) is 59.9 Å². The molecular formula is C24H28N4O4S. The van der Waals surface area contributed by atoms with Crippen LogP contribution in [-0.2, 0) is 21.3 Å². The molecule has 1 spiro atoms. The van der Waals surface area contributed by atoms with Crippen molar-refractivity contribution in [2.24, 2.45) is 0 Å². The zero-order chi connectivity index (χ0) is 22.9. The predicted octanol–water partition coefficient (Wildman–Crippen LogP) is 2.99. The van der Waals surface area contributed by atoms with Gasteiger partial charge < -0.3 is 14.5 Å². The maximum absolute atomic E-state index is 13.3. The van der Waals surface area contributed by atoms with Gasteiger partial charge in [0.2, 0.25) is 10.0 Å². The zero-order valence-corrected chi connectivity index (χ0v) is 19.3. The van der Waals surface area contributed by atoms with E-state index in [1.54, 1.807) is 63.7 Å². The summed E-state index contributed by atoms with van der Waals surface area (Å²) in [5.74, 6) is -0.201. The molecule has 1 aliphatic carbocycles. The molecule has 1 aliphatic heterocycles. The molecule has 2 aromatic heterocycles. The van der Waals surface area contributed by atoms with E-state index in [-0.39, 0.29) is 16.4 Å². The number of imidazole rings is 1. The molecular weight excluding hydrogens is 440 g/mol. The van der Waals surface area contributed by atoms with Crippen LogP contribution in [0.2, 0.25) is 0 Å². The highest BCUT2D eigenvalue weighted by atomic mass is 32.2. The van der Waals surface area contributed by atoms with E-state index in [0.29, 0.717) is 31.8 Å². The fraction of sp³-hybridized carbons (Fsp3) is 0.417. The van der Waals surface area contributed by atoms with Crippen molar-refractivity contribution in [3.63, 3.8) is 0 Å². The summed E-state index contributed by atoms with van der Waals surface area (Å²) in [6.07, 6.45) is 10.4. The summed E-state index contributed by atoms with van der Waals surface area (Å²) in [6.45, 7) is 1.55. The number of rotatable bonds is 5. The summed E-state index contributed by atoms with van der Waals surface area (Å²) in [4.78, 5) is 16.9. The number of benzene rings is 1. The van der Waals surface area contributed by atoms with Gasteiger partial charge in [-0.2, -0.15) is 4.31 Å². The smallest absolute Gasteiger partial charge is 0.253 e. The molecule has 174 valence electrons. The molecule has 33 heavy (non-hydrogen) atoms. The zero-order valence-electron chi connectivity index (χ0n) is 18.4. The number of sulfonamides is 1. The first-order valence-electron chi connectivity index (χ1n) is 11.4. The largest absolute Gasteiger partial charge is 0.372 e. The first-order valence-corrected chi connectivity index (χ1v) is 12.8. The average Bonchev–Trinajstić information content (AvgIpc) is 3.31. The number of nitrogens with one attached hydrogen (secondary N) is 1. The second kappa shape index (κ2) is 8.89. The fourth-order valence-corrected chi connectivity index (χ4v) is 6.28. The van der Waals surface area contributed by atoms with Crippen molar-refractivity contribution in [2.75, 3.05) is 19.7 Å². The molecule has 0 bridgehead atoms. The highest BCUT2D eigenvalue weighted by molar-refractivity contribution is 7.89. The lowest BCUT2D eigenvalue weighted by Gasteiger charge is -2.44. The van der Waals surface area contributed by atoms with Crippen LogP contribution in [-0.4, -0.2) is 53.3 Å². The van der Waals surface area contributed by atoms with E-state index in [0.717, 1.165) is 36.9 Å². The molecule has 1 saturated heterocycles. The topological polar surface area (TPSA) is 93.0 Å². The predicted molar refractivity (Wildman–Crippen MR) is 123 cm³/mol. The number of ether oxygens (including phenoxy) is 1. The van der Waals surface area contributed by atoms with E-state index in [1.165, 1.54) is 6.42 Å². The molecule has 3 aromatic rings. The Hall–Kier alpha value is -2.75. The van der Waals surface area contributed by atoms with Crippen LogP contribution in [0.1, 0.15) is 48.0 Å². The van der Waals surface area contributed by atoms with E-state index in [1.807, 2.05) is 0 Å². The number of hydrogen-bond acceptors (Lipinski definition) is 5. The molecule has 2 aliphatic rings. The Bertz CT molecular complexity index is 1240. The maximum Gasteiger partial charge on any atom is 0.253 e. The highest BCUT2D eigenvalue weighted by Crippen LogP contribution is 2.36. The van der Waals surface area contributed by atoms with E-state index in [9.17, 15) is 13.2 Å². The molecule has 5 rings (SSSR count). The summed E-state index contributed by atoms with van der Waals surface area (Å²) in [5, 5.41) is 2.88. The molecule has 3 heterocycles. The standard InChI is InChI=1S/C24H28N4O4S/c29-23(20-6-9-22-25-12-13-27(22)17-20)26-16-19-4-7-21(8-5-19)33(30,31)28-14-15-32-24(18-28)10-2-1-3-11-24/h4-9,12-13,17H,1-3,10-11,14-16,18H2,(H,26,29). The molecule has 1 aromatic carbocycles. The molecule has 8 nitrogen and oxygen atoms in total. The van der Waals surface area contributed by atoms with Gasteiger partial charge in [0.05, 0.1) is 22.7 Å². The van der Waals surface area contributed by atoms with E-state index in [2.05, 4.69) is 10.3 Å². The van der Waals surface area contributed by atoms with Gasteiger partial charge in [0.1, 0.15) is 5.65 Å². The number of fused-ring (bicyclic) bond motifs is 1.